The fraction of sp³-hybridized carbons (Fsp3) is 0.786. The van der Waals surface area contributed by atoms with E-state index in [0.29, 0.717) is 18.4 Å². The molecule has 6 aliphatic rings. The summed E-state index contributed by atoms with van der Waals surface area (Å²) >= 11 is 0. The van der Waals surface area contributed by atoms with E-state index in [4.69, 9.17) is 9.47 Å². The minimum Gasteiger partial charge on any atom is -0.455 e. The zero-order chi connectivity index (χ0) is 24.5. The molecule has 1 spiro atoms. The molecule has 10 atom stereocenters. The molecular weight excluding hydrogens is 432 g/mol. The first-order valence-corrected chi connectivity index (χ1v) is 13.0. The maximum absolute atomic E-state index is 13.3. The number of rotatable bonds is 2. The summed E-state index contributed by atoms with van der Waals surface area (Å²) in [6.07, 6.45) is 8.01. The number of aliphatic hydroxyl groups is 2. The van der Waals surface area contributed by atoms with E-state index in [1.165, 1.54) is 0 Å². The Balaban J connectivity index is 1.34. The average molecular weight is 471 g/mol. The molecule has 1 saturated heterocycles. The van der Waals surface area contributed by atoms with Crippen molar-refractivity contribution in [2.45, 2.75) is 109 Å². The minimum absolute atomic E-state index is 0.0965. The van der Waals surface area contributed by atoms with Crippen molar-refractivity contribution in [3.05, 3.63) is 23.3 Å². The highest BCUT2D eigenvalue weighted by atomic mass is 16.6. The van der Waals surface area contributed by atoms with Gasteiger partial charge in [0.25, 0.3) is 0 Å². The zero-order valence-corrected chi connectivity index (χ0v) is 21.0. The van der Waals surface area contributed by atoms with Gasteiger partial charge in [-0.2, -0.15) is 0 Å². The molecule has 2 aliphatic heterocycles. The van der Waals surface area contributed by atoms with Gasteiger partial charge < -0.3 is 19.7 Å². The third kappa shape index (κ3) is 2.38. The van der Waals surface area contributed by atoms with E-state index < -0.39 is 34.1 Å². The van der Waals surface area contributed by atoms with Crippen LogP contribution in [0.25, 0.3) is 0 Å². The Bertz CT molecular complexity index is 1040. The lowest BCUT2D eigenvalue weighted by molar-refractivity contribution is -0.253. The van der Waals surface area contributed by atoms with Crippen LogP contribution >= 0.6 is 0 Å². The molecule has 186 valence electrons. The van der Waals surface area contributed by atoms with Gasteiger partial charge in [0.05, 0.1) is 11.5 Å². The molecule has 6 rings (SSSR count). The largest absolute Gasteiger partial charge is 0.455 e. The van der Waals surface area contributed by atoms with Gasteiger partial charge in [-0.1, -0.05) is 18.6 Å². The van der Waals surface area contributed by atoms with Crippen LogP contribution in [0.1, 0.15) is 79.6 Å². The Kier molecular flexibility index (Phi) is 4.47. The average Bonchev–Trinajstić information content (AvgIpc) is 3.41. The fourth-order valence-corrected chi connectivity index (χ4v) is 9.40. The van der Waals surface area contributed by atoms with Crippen molar-refractivity contribution in [2.75, 3.05) is 0 Å². The second-order valence-corrected chi connectivity index (χ2v) is 12.8. The van der Waals surface area contributed by atoms with E-state index >= 15 is 0 Å². The van der Waals surface area contributed by atoms with Gasteiger partial charge in [0.15, 0.2) is 5.78 Å². The van der Waals surface area contributed by atoms with Crippen molar-refractivity contribution in [1.82, 2.24) is 0 Å². The molecule has 0 bridgehead atoms. The highest BCUT2D eigenvalue weighted by Crippen LogP contribution is 2.74. The number of carbonyl (C=O) groups excluding carboxylic acids is 2. The number of ketones is 1. The Hall–Kier alpha value is -1.50. The van der Waals surface area contributed by atoms with Crippen LogP contribution < -0.4 is 0 Å². The van der Waals surface area contributed by atoms with Gasteiger partial charge in [-0.05, 0) is 90.0 Å². The molecule has 2 heterocycles. The lowest BCUT2D eigenvalue weighted by Gasteiger charge is -2.60. The zero-order valence-electron chi connectivity index (χ0n) is 21.0. The first-order valence-electron chi connectivity index (χ1n) is 13.0. The molecule has 4 unspecified atom stereocenters. The summed E-state index contributed by atoms with van der Waals surface area (Å²) in [5.74, 6) is 0.439. The molecule has 0 radical (unpaired) electrons. The second-order valence-electron chi connectivity index (χ2n) is 12.8. The van der Waals surface area contributed by atoms with Crippen LogP contribution in [-0.4, -0.2) is 51.0 Å². The first kappa shape index (κ1) is 22.9. The van der Waals surface area contributed by atoms with Crippen molar-refractivity contribution in [2.24, 2.45) is 28.6 Å². The third-order valence-corrected chi connectivity index (χ3v) is 11.9. The number of hydrogen-bond acceptors (Lipinski definition) is 6. The summed E-state index contributed by atoms with van der Waals surface area (Å²) in [7, 11) is 0. The third-order valence-electron chi connectivity index (χ3n) is 11.9. The Morgan fingerprint density at radius 2 is 1.82 bits per heavy atom. The molecule has 0 amide bonds. The molecule has 6 nitrogen and oxygen atoms in total. The normalized spacial score (nSPS) is 53.3. The van der Waals surface area contributed by atoms with Gasteiger partial charge in [0, 0.05) is 17.4 Å². The van der Waals surface area contributed by atoms with Crippen LogP contribution in [0, 0.1) is 28.6 Å². The lowest BCUT2D eigenvalue weighted by Crippen LogP contribution is -2.68. The highest BCUT2D eigenvalue weighted by molar-refractivity contribution is 5.97. The SMILES string of the molecule is CC1=C(C)C(=O)OC([C@](C)(O)[C@]2(O)CCC3C4C[C@H]5O[C@]56CC=CC(=O)[C@]6(C)C4CC[C@@]32C)C1. The number of ether oxygens (including phenoxy) is 2. The number of hydrogen-bond donors (Lipinski definition) is 2. The van der Waals surface area contributed by atoms with Gasteiger partial charge in [-0.3, -0.25) is 4.79 Å². The van der Waals surface area contributed by atoms with Gasteiger partial charge >= 0.3 is 5.97 Å². The van der Waals surface area contributed by atoms with Gasteiger partial charge in [-0.15, -0.1) is 0 Å². The highest BCUT2D eigenvalue weighted by Gasteiger charge is 2.79. The van der Waals surface area contributed by atoms with Crippen LogP contribution in [-0.2, 0) is 19.1 Å². The van der Waals surface area contributed by atoms with Crippen LogP contribution in [0.5, 0.6) is 0 Å². The van der Waals surface area contributed by atoms with E-state index in [9.17, 15) is 19.8 Å². The summed E-state index contributed by atoms with van der Waals surface area (Å²) in [4.78, 5) is 25.7. The molecule has 2 N–H and O–H groups in total. The van der Waals surface area contributed by atoms with E-state index in [2.05, 4.69) is 13.8 Å². The quantitative estimate of drug-likeness (QED) is 0.473. The summed E-state index contributed by atoms with van der Waals surface area (Å²) < 4.78 is 12.0. The van der Waals surface area contributed by atoms with Crippen LogP contribution in [0.3, 0.4) is 0 Å². The molecule has 4 fully saturated rings. The monoisotopic (exact) mass is 470 g/mol. The van der Waals surface area contributed by atoms with Crippen molar-refractivity contribution in [3.8, 4) is 0 Å². The van der Waals surface area contributed by atoms with Crippen molar-refractivity contribution >= 4 is 11.8 Å². The number of epoxide rings is 1. The summed E-state index contributed by atoms with van der Waals surface area (Å²) in [5.41, 5.74) is -2.87. The molecular formula is C28H38O6. The van der Waals surface area contributed by atoms with Crippen LogP contribution in [0.2, 0.25) is 0 Å². The Morgan fingerprint density at radius 1 is 1.12 bits per heavy atom. The summed E-state index contributed by atoms with van der Waals surface area (Å²) in [6.45, 7) is 9.54. The van der Waals surface area contributed by atoms with Crippen molar-refractivity contribution in [1.29, 1.82) is 0 Å². The molecule has 3 saturated carbocycles. The predicted octanol–water partition coefficient (Wildman–Crippen LogP) is 3.64. The van der Waals surface area contributed by atoms with Gasteiger partial charge in [0.2, 0.25) is 0 Å². The first-order chi connectivity index (χ1) is 15.8. The number of cyclic esters (lactones) is 1. The number of esters is 1. The predicted molar refractivity (Wildman–Crippen MR) is 125 cm³/mol. The van der Waals surface area contributed by atoms with Gasteiger partial charge in [0.1, 0.15) is 22.9 Å². The number of allylic oxidation sites excluding steroid dienone is 1. The molecule has 0 aromatic rings. The van der Waals surface area contributed by atoms with E-state index in [1.54, 1.807) is 19.9 Å². The fourth-order valence-electron chi connectivity index (χ4n) is 9.40. The van der Waals surface area contributed by atoms with Crippen molar-refractivity contribution in [3.63, 3.8) is 0 Å². The number of carbonyl (C=O) groups is 2. The summed E-state index contributed by atoms with van der Waals surface area (Å²) in [6, 6.07) is 0. The summed E-state index contributed by atoms with van der Waals surface area (Å²) in [5, 5.41) is 24.2. The van der Waals surface area contributed by atoms with Crippen LogP contribution in [0.4, 0.5) is 0 Å². The maximum Gasteiger partial charge on any atom is 0.334 e. The Morgan fingerprint density at radius 3 is 2.53 bits per heavy atom. The molecule has 34 heavy (non-hydrogen) atoms. The second kappa shape index (κ2) is 6.63. The number of fused-ring (bicyclic) bond motifs is 4. The Labute approximate surface area is 201 Å². The maximum atomic E-state index is 13.3. The minimum atomic E-state index is -1.58. The van der Waals surface area contributed by atoms with E-state index in [1.807, 2.05) is 13.0 Å². The van der Waals surface area contributed by atoms with E-state index in [-0.39, 0.29) is 35.2 Å². The molecule has 4 aliphatic carbocycles. The smallest absolute Gasteiger partial charge is 0.334 e. The standard InChI is InChI=1S/C28H38O6/c1-15-13-21(33-23(30)16(15)2)26(5,31)28(32)12-9-18-17-14-22-27(34-22)10-6-7-20(29)25(27,4)19(17)8-11-24(18,28)3/h6-7,17-19,21-22,31-32H,8-14H2,1-5H3/t17?,18?,19?,21?,22-,24+,25+,26+,27-,28+/m1/s1. The van der Waals surface area contributed by atoms with Crippen LogP contribution in [0.15, 0.2) is 23.3 Å². The molecule has 0 aromatic heterocycles. The van der Waals surface area contributed by atoms with E-state index in [0.717, 1.165) is 37.7 Å². The van der Waals surface area contributed by atoms with Crippen molar-refractivity contribution < 1.29 is 29.3 Å². The lowest BCUT2D eigenvalue weighted by atomic mass is 9.44. The molecule has 6 heteroatoms. The molecule has 0 aromatic carbocycles. The topological polar surface area (TPSA) is 96.4 Å². The van der Waals surface area contributed by atoms with Gasteiger partial charge in [-0.25, -0.2) is 4.79 Å².